The van der Waals surface area contributed by atoms with Crippen molar-refractivity contribution in [2.45, 2.75) is 27.0 Å². The number of hydrogen-bond donors (Lipinski definition) is 1. The van der Waals surface area contributed by atoms with Gasteiger partial charge in [-0.15, -0.1) is 0 Å². The zero-order valence-electron chi connectivity index (χ0n) is 13.4. The molecular weight excluding hydrogens is 294 g/mol. The minimum absolute atomic E-state index is 0.150. The van der Waals surface area contributed by atoms with Gasteiger partial charge in [-0.3, -0.25) is 4.79 Å². The molecule has 3 aromatic rings. The van der Waals surface area contributed by atoms with Crippen molar-refractivity contribution in [1.82, 2.24) is 19.4 Å². The van der Waals surface area contributed by atoms with Crippen LogP contribution in [0.3, 0.4) is 0 Å². The molecule has 0 radical (unpaired) electrons. The van der Waals surface area contributed by atoms with Crippen molar-refractivity contribution < 1.29 is 9.53 Å². The Labute approximate surface area is 133 Å². The van der Waals surface area contributed by atoms with E-state index in [-0.39, 0.29) is 6.23 Å². The number of fused-ring (bicyclic) bond motifs is 1. The maximum atomic E-state index is 10.9. The van der Waals surface area contributed by atoms with E-state index in [9.17, 15) is 4.79 Å². The molecule has 0 aliphatic rings. The first-order valence-corrected chi connectivity index (χ1v) is 7.48. The minimum Gasteiger partial charge on any atom is -0.357 e. The van der Waals surface area contributed by atoms with Crippen molar-refractivity contribution >= 4 is 17.6 Å². The molecule has 120 valence electrons. The second kappa shape index (κ2) is 6.21. The van der Waals surface area contributed by atoms with E-state index in [4.69, 9.17) is 4.74 Å². The molecule has 1 amide bonds. The quantitative estimate of drug-likeness (QED) is 0.710. The maximum Gasteiger partial charge on any atom is 0.211 e. The molecule has 7 nitrogen and oxygen atoms in total. The number of rotatable bonds is 6. The predicted molar refractivity (Wildman–Crippen MR) is 87.2 cm³/mol. The summed E-state index contributed by atoms with van der Waals surface area (Å²) in [7, 11) is 0. The van der Waals surface area contributed by atoms with E-state index in [1.807, 2.05) is 39.2 Å². The highest BCUT2D eigenvalue weighted by molar-refractivity contribution is 5.93. The lowest BCUT2D eigenvalue weighted by molar-refractivity contribution is -0.105. The third kappa shape index (κ3) is 2.83. The summed E-state index contributed by atoms with van der Waals surface area (Å²) >= 11 is 0. The van der Waals surface area contributed by atoms with Crippen LogP contribution in [-0.4, -0.2) is 32.4 Å². The monoisotopic (exact) mass is 313 g/mol. The Morgan fingerprint density at radius 2 is 2.17 bits per heavy atom. The van der Waals surface area contributed by atoms with Gasteiger partial charge < -0.3 is 10.1 Å². The Hall–Kier alpha value is -2.67. The van der Waals surface area contributed by atoms with Gasteiger partial charge in [0.15, 0.2) is 0 Å². The van der Waals surface area contributed by atoms with Gasteiger partial charge in [0.1, 0.15) is 6.23 Å². The average molecular weight is 313 g/mol. The molecule has 3 heterocycles. The van der Waals surface area contributed by atoms with E-state index >= 15 is 0 Å². The number of ether oxygens (including phenoxy) is 1. The largest absolute Gasteiger partial charge is 0.357 e. The smallest absolute Gasteiger partial charge is 0.211 e. The Kier molecular flexibility index (Phi) is 4.12. The first-order chi connectivity index (χ1) is 11.1. The lowest BCUT2D eigenvalue weighted by Gasteiger charge is -2.11. The lowest BCUT2D eigenvalue weighted by Crippen LogP contribution is -2.09. The third-order valence-corrected chi connectivity index (χ3v) is 3.66. The van der Waals surface area contributed by atoms with Gasteiger partial charge in [-0.05, 0) is 32.4 Å². The van der Waals surface area contributed by atoms with E-state index in [0.717, 1.165) is 22.2 Å². The number of amides is 1. The van der Waals surface area contributed by atoms with Crippen LogP contribution in [0.25, 0.3) is 16.6 Å². The van der Waals surface area contributed by atoms with Crippen LogP contribution in [0.15, 0.2) is 30.9 Å². The molecule has 0 fully saturated rings. The number of carbonyl (C=O) groups excluding carboxylic acids is 1. The number of hydrogen-bond acceptors (Lipinski definition) is 4. The Morgan fingerprint density at radius 3 is 2.91 bits per heavy atom. The Bertz CT molecular complexity index is 836. The molecule has 0 saturated heterocycles. The van der Waals surface area contributed by atoms with Gasteiger partial charge in [0.2, 0.25) is 6.41 Å². The molecule has 0 aromatic carbocycles. The molecular formula is C16H19N5O2. The van der Waals surface area contributed by atoms with E-state index in [0.29, 0.717) is 18.7 Å². The van der Waals surface area contributed by atoms with Crippen LogP contribution < -0.4 is 5.32 Å². The number of aromatic nitrogens is 4. The first kappa shape index (κ1) is 15.2. The number of aryl methyl sites for hydroxylation is 1. The van der Waals surface area contributed by atoms with Gasteiger partial charge in [-0.25, -0.2) is 9.20 Å². The van der Waals surface area contributed by atoms with Gasteiger partial charge in [0, 0.05) is 30.1 Å². The molecule has 1 unspecified atom stereocenters. The van der Waals surface area contributed by atoms with Crippen molar-refractivity contribution in [2.24, 2.45) is 0 Å². The number of carbonyl (C=O) groups is 1. The molecule has 0 aliphatic carbocycles. The average Bonchev–Trinajstić information content (AvgIpc) is 3.13. The van der Waals surface area contributed by atoms with Crippen LogP contribution in [0.2, 0.25) is 0 Å². The minimum atomic E-state index is -0.150. The fourth-order valence-electron chi connectivity index (χ4n) is 2.65. The second-order valence-corrected chi connectivity index (χ2v) is 5.31. The zero-order valence-corrected chi connectivity index (χ0v) is 13.4. The van der Waals surface area contributed by atoms with Crippen LogP contribution in [0.1, 0.15) is 25.6 Å². The van der Waals surface area contributed by atoms with Gasteiger partial charge in [-0.2, -0.15) is 10.2 Å². The van der Waals surface area contributed by atoms with E-state index in [1.165, 1.54) is 0 Å². The number of anilines is 1. The summed E-state index contributed by atoms with van der Waals surface area (Å²) < 4.78 is 9.11. The van der Waals surface area contributed by atoms with Crippen LogP contribution in [0.5, 0.6) is 0 Å². The van der Waals surface area contributed by atoms with E-state index in [1.54, 1.807) is 21.6 Å². The standard InChI is InChI=1S/C16H19N5O2/c1-4-23-12(3)20-9-13(6-18-20)16-14(17-10-22)7-19-21-8-11(2)5-15(16)21/h5-10,12H,4H2,1-3H3,(H,17,22). The van der Waals surface area contributed by atoms with Crippen LogP contribution in [-0.2, 0) is 9.53 Å². The van der Waals surface area contributed by atoms with Crippen LogP contribution >= 0.6 is 0 Å². The maximum absolute atomic E-state index is 10.9. The van der Waals surface area contributed by atoms with Gasteiger partial charge in [0.05, 0.1) is 23.6 Å². The van der Waals surface area contributed by atoms with E-state index in [2.05, 4.69) is 15.5 Å². The lowest BCUT2D eigenvalue weighted by atomic mass is 10.1. The molecule has 3 rings (SSSR count). The summed E-state index contributed by atoms with van der Waals surface area (Å²) in [6.07, 6.45) is 7.76. The highest BCUT2D eigenvalue weighted by atomic mass is 16.5. The van der Waals surface area contributed by atoms with Gasteiger partial charge in [-0.1, -0.05) is 0 Å². The summed E-state index contributed by atoms with van der Waals surface area (Å²) in [5.74, 6) is 0. The van der Waals surface area contributed by atoms with Crippen molar-refractivity contribution in [3.8, 4) is 11.1 Å². The molecule has 0 saturated carbocycles. The highest BCUT2D eigenvalue weighted by Crippen LogP contribution is 2.32. The summed E-state index contributed by atoms with van der Waals surface area (Å²) in [5.41, 5.74) is 4.44. The molecule has 1 atom stereocenters. The summed E-state index contributed by atoms with van der Waals surface area (Å²) in [6, 6.07) is 2.03. The molecule has 3 aromatic heterocycles. The topological polar surface area (TPSA) is 73.5 Å². The van der Waals surface area contributed by atoms with Crippen LogP contribution in [0, 0.1) is 6.92 Å². The fourth-order valence-corrected chi connectivity index (χ4v) is 2.65. The normalized spacial score (nSPS) is 12.5. The zero-order chi connectivity index (χ0) is 16.4. The Balaban J connectivity index is 2.13. The van der Waals surface area contributed by atoms with Gasteiger partial charge in [0.25, 0.3) is 0 Å². The highest BCUT2D eigenvalue weighted by Gasteiger charge is 2.15. The SMILES string of the molecule is CCOC(C)n1cc(-c2c(NC=O)cnn3cc(C)cc23)cn1. The van der Waals surface area contributed by atoms with Crippen molar-refractivity contribution in [3.05, 3.63) is 36.4 Å². The molecule has 23 heavy (non-hydrogen) atoms. The van der Waals surface area contributed by atoms with E-state index < -0.39 is 0 Å². The third-order valence-electron chi connectivity index (χ3n) is 3.66. The van der Waals surface area contributed by atoms with Crippen molar-refractivity contribution in [1.29, 1.82) is 0 Å². The van der Waals surface area contributed by atoms with Crippen LogP contribution in [0.4, 0.5) is 5.69 Å². The summed E-state index contributed by atoms with van der Waals surface area (Å²) in [5, 5.41) is 11.4. The Morgan fingerprint density at radius 1 is 1.35 bits per heavy atom. The molecule has 1 N–H and O–H groups in total. The van der Waals surface area contributed by atoms with Crippen molar-refractivity contribution in [3.63, 3.8) is 0 Å². The first-order valence-electron chi connectivity index (χ1n) is 7.48. The molecule has 0 bridgehead atoms. The molecule has 0 spiro atoms. The van der Waals surface area contributed by atoms with Gasteiger partial charge >= 0.3 is 0 Å². The fraction of sp³-hybridized carbons (Fsp3) is 0.312. The number of nitrogens with zero attached hydrogens (tertiary/aromatic N) is 4. The summed E-state index contributed by atoms with van der Waals surface area (Å²) in [6.45, 7) is 6.51. The summed E-state index contributed by atoms with van der Waals surface area (Å²) in [4.78, 5) is 10.9. The number of nitrogens with one attached hydrogen (secondary N) is 1. The predicted octanol–water partition coefficient (Wildman–Crippen LogP) is 2.63. The molecule has 0 aliphatic heterocycles. The van der Waals surface area contributed by atoms with Crippen molar-refractivity contribution in [2.75, 3.05) is 11.9 Å². The molecule has 7 heteroatoms. The second-order valence-electron chi connectivity index (χ2n) is 5.31.